The molecule has 0 unspecified atom stereocenters. The van der Waals surface area contributed by atoms with E-state index >= 15 is 0 Å². The van der Waals surface area contributed by atoms with Gasteiger partial charge in [-0.25, -0.2) is 0 Å². The van der Waals surface area contributed by atoms with E-state index < -0.39 is 0 Å². The zero-order valence-corrected chi connectivity index (χ0v) is 9.30. The molecule has 0 aliphatic heterocycles. The third kappa shape index (κ3) is 3.83. The maximum absolute atomic E-state index is 11.2. The van der Waals surface area contributed by atoms with Gasteiger partial charge in [0, 0.05) is 11.7 Å². The van der Waals surface area contributed by atoms with Crippen LogP contribution in [0.3, 0.4) is 0 Å². The van der Waals surface area contributed by atoms with Crippen molar-refractivity contribution in [1.82, 2.24) is 4.72 Å². The van der Waals surface area contributed by atoms with Crippen LogP contribution in [-0.4, -0.2) is 5.91 Å². The molecule has 0 radical (unpaired) electrons. The number of amides is 1. The molecule has 0 aliphatic carbocycles. The summed E-state index contributed by atoms with van der Waals surface area (Å²) in [5.74, 6) is 0.962. The molecule has 1 amide bonds. The van der Waals surface area contributed by atoms with Gasteiger partial charge in [-0.2, -0.15) is 0 Å². The Morgan fingerprint density at radius 1 is 1.36 bits per heavy atom. The Balaban J connectivity index is 2.26. The van der Waals surface area contributed by atoms with Gasteiger partial charge in [0.2, 0.25) is 5.91 Å². The molecule has 0 bridgehead atoms. The van der Waals surface area contributed by atoms with Gasteiger partial charge in [-0.15, -0.1) is 0 Å². The predicted octanol–water partition coefficient (Wildman–Crippen LogP) is 2.61. The van der Waals surface area contributed by atoms with Crippen molar-refractivity contribution in [1.29, 1.82) is 0 Å². The third-order valence-electron chi connectivity index (χ3n) is 1.78. The van der Waals surface area contributed by atoms with Crippen molar-refractivity contribution < 1.29 is 4.79 Å². The minimum atomic E-state index is 0.0540. The predicted molar refractivity (Wildman–Crippen MR) is 60.7 cm³/mol. The fourth-order valence-corrected chi connectivity index (χ4v) is 1.69. The molecule has 14 heavy (non-hydrogen) atoms. The van der Waals surface area contributed by atoms with Crippen molar-refractivity contribution in [2.45, 2.75) is 19.6 Å². The summed E-state index contributed by atoms with van der Waals surface area (Å²) in [6, 6.07) is 10.1. The average Bonchev–Trinajstić information content (AvgIpc) is 2.19. The van der Waals surface area contributed by atoms with Gasteiger partial charge < -0.3 is 0 Å². The van der Waals surface area contributed by atoms with Gasteiger partial charge in [0.15, 0.2) is 0 Å². The first kappa shape index (κ1) is 11.1. The van der Waals surface area contributed by atoms with Crippen LogP contribution in [0.25, 0.3) is 0 Å². The monoisotopic (exact) mass is 209 g/mol. The minimum absolute atomic E-state index is 0.0540. The summed E-state index contributed by atoms with van der Waals surface area (Å²) in [5, 5.41) is 0. The zero-order valence-electron chi connectivity index (χ0n) is 8.49. The Labute approximate surface area is 89.2 Å². The second-order valence-corrected chi connectivity index (χ2v) is 4.18. The Morgan fingerprint density at radius 2 is 2.00 bits per heavy atom. The molecule has 1 aromatic rings. The third-order valence-corrected chi connectivity index (χ3v) is 2.60. The number of benzene rings is 1. The van der Waals surface area contributed by atoms with Crippen molar-refractivity contribution in [2.24, 2.45) is 5.92 Å². The van der Waals surface area contributed by atoms with E-state index in [-0.39, 0.29) is 11.8 Å². The summed E-state index contributed by atoms with van der Waals surface area (Å²) in [6.45, 7) is 3.77. The van der Waals surface area contributed by atoms with Gasteiger partial charge in [0.05, 0.1) is 0 Å². The maximum Gasteiger partial charge on any atom is 0.232 e. The molecule has 3 heteroatoms. The molecule has 0 aliphatic rings. The second kappa shape index (κ2) is 5.70. The number of carbonyl (C=O) groups excluding carboxylic acids is 1. The molecule has 0 spiro atoms. The first-order chi connectivity index (χ1) is 6.70. The normalized spacial score (nSPS) is 10.2. The SMILES string of the molecule is CC(C)C(=O)NSCc1ccccc1. The molecule has 1 N–H and O–H groups in total. The molecule has 76 valence electrons. The summed E-state index contributed by atoms with van der Waals surface area (Å²) >= 11 is 1.44. The average molecular weight is 209 g/mol. The van der Waals surface area contributed by atoms with Crippen LogP contribution in [0.5, 0.6) is 0 Å². The second-order valence-electron chi connectivity index (χ2n) is 3.40. The van der Waals surface area contributed by atoms with E-state index in [0.29, 0.717) is 0 Å². The highest BCUT2D eigenvalue weighted by molar-refractivity contribution is 7.97. The Kier molecular flexibility index (Phi) is 4.53. The molecule has 1 rings (SSSR count). The molecule has 0 atom stereocenters. The summed E-state index contributed by atoms with van der Waals surface area (Å²) in [6.07, 6.45) is 0. The summed E-state index contributed by atoms with van der Waals surface area (Å²) in [4.78, 5) is 11.2. The van der Waals surface area contributed by atoms with Crippen LogP contribution in [0, 0.1) is 5.92 Å². The number of hydrogen-bond acceptors (Lipinski definition) is 2. The lowest BCUT2D eigenvalue weighted by Gasteiger charge is -2.06. The molecule has 0 fully saturated rings. The quantitative estimate of drug-likeness (QED) is 0.772. The molecule has 0 aromatic heterocycles. The van der Waals surface area contributed by atoms with E-state index in [1.165, 1.54) is 17.5 Å². The molecule has 2 nitrogen and oxygen atoms in total. The fraction of sp³-hybridized carbons (Fsp3) is 0.364. The van der Waals surface area contributed by atoms with Crippen molar-refractivity contribution in [2.75, 3.05) is 0 Å². The van der Waals surface area contributed by atoms with Crippen LogP contribution >= 0.6 is 11.9 Å². The van der Waals surface area contributed by atoms with Crippen molar-refractivity contribution in [3.8, 4) is 0 Å². The zero-order chi connectivity index (χ0) is 10.4. The van der Waals surface area contributed by atoms with Crippen LogP contribution in [0.1, 0.15) is 19.4 Å². The van der Waals surface area contributed by atoms with Crippen LogP contribution in [0.15, 0.2) is 30.3 Å². The number of hydrogen-bond donors (Lipinski definition) is 1. The van der Waals surface area contributed by atoms with Gasteiger partial charge in [-0.1, -0.05) is 44.2 Å². The van der Waals surface area contributed by atoms with Gasteiger partial charge in [-0.05, 0) is 17.5 Å². The topological polar surface area (TPSA) is 29.1 Å². The van der Waals surface area contributed by atoms with E-state index in [1.807, 2.05) is 32.0 Å². The fourth-order valence-electron chi connectivity index (χ4n) is 0.883. The Bertz CT molecular complexity index is 285. The van der Waals surface area contributed by atoms with Crippen molar-refractivity contribution in [3.63, 3.8) is 0 Å². The molecular formula is C11H15NOS. The molecular weight excluding hydrogens is 194 g/mol. The standard InChI is InChI=1S/C11H15NOS/c1-9(2)11(13)12-14-8-10-6-4-3-5-7-10/h3-7,9H,8H2,1-2H3,(H,12,13). The molecule has 0 saturated carbocycles. The summed E-state index contributed by atoms with van der Waals surface area (Å²) in [5.41, 5.74) is 1.22. The molecule has 0 heterocycles. The highest BCUT2D eigenvalue weighted by atomic mass is 32.2. The summed E-state index contributed by atoms with van der Waals surface area (Å²) < 4.78 is 2.81. The van der Waals surface area contributed by atoms with Crippen molar-refractivity contribution >= 4 is 17.9 Å². The molecule has 1 aromatic carbocycles. The van der Waals surface area contributed by atoms with Crippen LogP contribution < -0.4 is 4.72 Å². The number of carbonyl (C=O) groups is 1. The lowest BCUT2D eigenvalue weighted by molar-refractivity contribution is -0.122. The maximum atomic E-state index is 11.2. The van der Waals surface area contributed by atoms with Crippen LogP contribution in [-0.2, 0) is 10.5 Å². The van der Waals surface area contributed by atoms with E-state index in [9.17, 15) is 4.79 Å². The van der Waals surface area contributed by atoms with E-state index in [0.717, 1.165) is 5.75 Å². The first-order valence-corrected chi connectivity index (χ1v) is 5.64. The van der Waals surface area contributed by atoms with Crippen LogP contribution in [0.4, 0.5) is 0 Å². The van der Waals surface area contributed by atoms with Crippen LogP contribution in [0.2, 0.25) is 0 Å². The smallest absolute Gasteiger partial charge is 0.232 e. The van der Waals surface area contributed by atoms with E-state index in [1.54, 1.807) is 0 Å². The largest absolute Gasteiger partial charge is 0.300 e. The van der Waals surface area contributed by atoms with E-state index in [2.05, 4.69) is 16.9 Å². The molecule has 0 saturated heterocycles. The van der Waals surface area contributed by atoms with E-state index in [4.69, 9.17) is 0 Å². The minimum Gasteiger partial charge on any atom is -0.300 e. The highest BCUT2D eigenvalue weighted by Gasteiger charge is 2.05. The lowest BCUT2D eigenvalue weighted by atomic mass is 10.2. The lowest BCUT2D eigenvalue weighted by Crippen LogP contribution is -2.21. The van der Waals surface area contributed by atoms with Crippen molar-refractivity contribution in [3.05, 3.63) is 35.9 Å². The Morgan fingerprint density at radius 3 is 2.57 bits per heavy atom. The highest BCUT2D eigenvalue weighted by Crippen LogP contribution is 2.08. The Hall–Kier alpha value is -0.960. The van der Waals surface area contributed by atoms with Gasteiger partial charge >= 0.3 is 0 Å². The van der Waals surface area contributed by atoms with Gasteiger partial charge in [-0.3, -0.25) is 9.52 Å². The number of nitrogens with one attached hydrogen (secondary N) is 1. The number of rotatable bonds is 4. The van der Waals surface area contributed by atoms with Gasteiger partial charge in [0.25, 0.3) is 0 Å². The first-order valence-electron chi connectivity index (χ1n) is 4.65. The van der Waals surface area contributed by atoms with Gasteiger partial charge in [0.1, 0.15) is 0 Å². The summed E-state index contributed by atoms with van der Waals surface area (Å²) in [7, 11) is 0.